The Morgan fingerprint density at radius 1 is 0.838 bits per heavy atom. The van der Waals surface area contributed by atoms with Crippen LogP contribution in [-0.4, -0.2) is 35.9 Å². The maximum absolute atomic E-state index is 13.8. The standard InChI is InChI=1S/C29H25F2NO5/c30-22-10-6-20(7-11-22)18-32-17-16-25(21-8-12-23(31)13-9-21)26(19-35-24-4-2-1-3-5-24)29(32)36-27(33)14-15-28(34)37-29/h1-15,25-26H,16-19H2. The van der Waals surface area contributed by atoms with Crippen molar-refractivity contribution in [2.75, 3.05) is 13.2 Å². The molecule has 5 rings (SSSR count). The summed E-state index contributed by atoms with van der Waals surface area (Å²) in [6.07, 6.45) is 2.65. The van der Waals surface area contributed by atoms with E-state index in [1.165, 1.54) is 24.3 Å². The molecule has 2 aliphatic rings. The second kappa shape index (κ2) is 10.5. The Balaban J connectivity index is 1.57. The van der Waals surface area contributed by atoms with Gasteiger partial charge in [0, 0.05) is 31.2 Å². The van der Waals surface area contributed by atoms with Gasteiger partial charge in [0.05, 0.1) is 5.92 Å². The van der Waals surface area contributed by atoms with Crippen molar-refractivity contribution in [3.05, 3.63) is 114 Å². The smallest absolute Gasteiger partial charge is 0.335 e. The summed E-state index contributed by atoms with van der Waals surface area (Å²) in [6.45, 7) is 0.632. The van der Waals surface area contributed by atoms with Crippen molar-refractivity contribution in [1.82, 2.24) is 4.90 Å². The largest absolute Gasteiger partial charge is 0.493 e. The number of hydrogen-bond donors (Lipinski definition) is 0. The highest BCUT2D eigenvalue weighted by Crippen LogP contribution is 2.46. The lowest BCUT2D eigenvalue weighted by Crippen LogP contribution is -2.64. The molecule has 3 aromatic rings. The molecule has 0 bridgehead atoms. The SMILES string of the molecule is O=C1C=CC(=O)OC2(O1)C(COc1ccccc1)C(c1ccc(F)cc1)CCN2Cc1ccc(F)cc1. The van der Waals surface area contributed by atoms with E-state index in [1.54, 1.807) is 41.3 Å². The molecule has 6 nitrogen and oxygen atoms in total. The van der Waals surface area contributed by atoms with Crippen molar-refractivity contribution in [3.63, 3.8) is 0 Å². The molecular weight excluding hydrogens is 480 g/mol. The third kappa shape index (κ3) is 5.39. The Kier molecular flexibility index (Phi) is 7.01. The molecule has 0 N–H and O–H groups in total. The third-order valence-corrected chi connectivity index (χ3v) is 6.71. The molecule has 0 aliphatic carbocycles. The number of halogens is 2. The fourth-order valence-electron chi connectivity index (χ4n) is 4.97. The predicted octanol–water partition coefficient (Wildman–Crippen LogP) is 4.96. The Labute approximate surface area is 213 Å². The number of nitrogens with zero attached hydrogens (tertiary/aromatic N) is 1. The number of likely N-dealkylation sites (tertiary alicyclic amines) is 1. The van der Waals surface area contributed by atoms with Crippen LogP contribution in [0.3, 0.4) is 0 Å². The first-order valence-corrected chi connectivity index (χ1v) is 12.0. The zero-order chi connectivity index (χ0) is 25.8. The lowest BCUT2D eigenvalue weighted by atomic mass is 9.77. The number of carbonyl (C=O) groups is 2. The van der Waals surface area contributed by atoms with E-state index in [2.05, 4.69) is 0 Å². The van der Waals surface area contributed by atoms with Gasteiger partial charge < -0.3 is 14.2 Å². The second-order valence-electron chi connectivity index (χ2n) is 9.03. The van der Waals surface area contributed by atoms with E-state index in [0.717, 1.165) is 23.3 Å². The first-order chi connectivity index (χ1) is 17.9. The van der Waals surface area contributed by atoms with Crippen LogP contribution in [0.15, 0.2) is 91.0 Å². The summed E-state index contributed by atoms with van der Waals surface area (Å²) >= 11 is 0. The lowest BCUT2D eigenvalue weighted by molar-refractivity contribution is -0.326. The van der Waals surface area contributed by atoms with E-state index in [4.69, 9.17) is 14.2 Å². The van der Waals surface area contributed by atoms with Gasteiger partial charge in [-0.05, 0) is 53.9 Å². The van der Waals surface area contributed by atoms with Gasteiger partial charge in [0.2, 0.25) is 0 Å². The normalized spacial score (nSPS) is 21.2. The van der Waals surface area contributed by atoms with Crippen molar-refractivity contribution in [3.8, 4) is 5.75 Å². The Bertz CT molecular complexity index is 1260. The molecule has 3 aromatic carbocycles. The van der Waals surface area contributed by atoms with Gasteiger partial charge in [0.15, 0.2) is 0 Å². The lowest BCUT2D eigenvalue weighted by Gasteiger charge is -2.51. The molecule has 1 spiro atoms. The van der Waals surface area contributed by atoms with E-state index < -0.39 is 23.8 Å². The molecule has 37 heavy (non-hydrogen) atoms. The molecule has 0 amide bonds. The molecule has 0 radical (unpaired) electrons. The van der Waals surface area contributed by atoms with Crippen LogP contribution in [0.4, 0.5) is 8.78 Å². The predicted molar refractivity (Wildman–Crippen MR) is 130 cm³/mol. The molecule has 190 valence electrons. The van der Waals surface area contributed by atoms with Crippen LogP contribution in [0.2, 0.25) is 0 Å². The number of rotatable bonds is 6. The van der Waals surface area contributed by atoms with Crippen molar-refractivity contribution in [2.45, 2.75) is 24.8 Å². The van der Waals surface area contributed by atoms with Crippen LogP contribution >= 0.6 is 0 Å². The average Bonchev–Trinajstić information content (AvgIpc) is 3.05. The van der Waals surface area contributed by atoms with Gasteiger partial charge in [0.25, 0.3) is 0 Å². The van der Waals surface area contributed by atoms with E-state index >= 15 is 0 Å². The van der Waals surface area contributed by atoms with E-state index in [-0.39, 0.29) is 30.7 Å². The molecule has 8 heteroatoms. The fourth-order valence-corrected chi connectivity index (χ4v) is 4.97. The monoisotopic (exact) mass is 505 g/mol. The van der Waals surface area contributed by atoms with Gasteiger partial charge in [-0.2, -0.15) is 0 Å². The highest BCUT2D eigenvalue weighted by Gasteiger charge is 2.58. The number of ether oxygens (including phenoxy) is 3. The van der Waals surface area contributed by atoms with E-state index in [1.807, 2.05) is 18.2 Å². The molecule has 2 unspecified atom stereocenters. The topological polar surface area (TPSA) is 65.1 Å². The fraction of sp³-hybridized carbons (Fsp3) is 0.241. The number of benzene rings is 3. The first-order valence-electron chi connectivity index (χ1n) is 12.0. The van der Waals surface area contributed by atoms with Crippen LogP contribution in [0, 0.1) is 17.6 Å². The van der Waals surface area contributed by atoms with Crippen LogP contribution in [-0.2, 0) is 25.6 Å². The van der Waals surface area contributed by atoms with Crippen LogP contribution in [0.25, 0.3) is 0 Å². The first kappa shape index (κ1) is 24.6. The molecule has 2 aliphatic heterocycles. The van der Waals surface area contributed by atoms with Crippen LogP contribution in [0.1, 0.15) is 23.5 Å². The molecule has 1 saturated heterocycles. The van der Waals surface area contributed by atoms with Gasteiger partial charge in [-0.15, -0.1) is 0 Å². The van der Waals surface area contributed by atoms with E-state index in [0.29, 0.717) is 18.7 Å². The molecule has 0 saturated carbocycles. The summed E-state index contributed by atoms with van der Waals surface area (Å²) < 4.78 is 45.3. The van der Waals surface area contributed by atoms with Crippen molar-refractivity contribution < 1.29 is 32.6 Å². The molecule has 2 atom stereocenters. The minimum atomic E-state index is -1.82. The zero-order valence-corrected chi connectivity index (χ0v) is 19.9. The number of piperidine rings is 1. The number of esters is 2. The van der Waals surface area contributed by atoms with Gasteiger partial charge in [0.1, 0.15) is 24.0 Å². The highest BCUT2D eigenvalue weighted by atomic mass is 19.1. The Morgan fingerprint density at radius 3 is 2.05 bits per heavy atom. The second-order valence-corrected chi connectivity index (χ2v) is 9.03. The molecule has 1 fully saturated rings. The number of para-hydroxylation sites is 1. The van der Waals surface area contributed by atoms with Gasteiger partial charge in [-0.1, -0.05) is 42.5 Å². The minimum absolute atomic E-state index is 0.0343. The number of hydrogen-bond acceptors (Lipinski definition) is 6. The molecular formula is C29H25F2NO5. The maximum Gasteiger partial charge on any atom is 0.335 e. The molecule has 2 heterocycles. The Hall–Kier alpha value is -4.04. The maximum atomic E-state index is 13.8. The summed E-state index contributed by atoms with van der Waals surface area (Å²) in [5.74, 6) is -4.43. The van der Waals surface area contributed by atoms with Crippen molar-refractivity contribution in [2.24, 2.45) is 5.92 Å². The van der Waals surface area contributed by atoms with Gasteiger partial charge in [-0.3, -0.25) is 0 Å². The molecule has 0 aromatic heterocycles. The summed E-state index contributed by atoms with van der Waals surface area (Å²) in [5, 5.41) is 0. The highest BCUT2D eigenvalue weighted by molar-refractivity contribution is 5.93. The summed E-state index contributed by atoms with van der Waals surface area (Å²) in [4.78, 5) is 27.3. The van der Waals surface area contributed by atoms with Gasteiger partial charge >= 0.3 is 17.8 Å². The summed E-state index contributed by atoms with van der Waals surface area (Å²) in [6, 6.07) is 21.2. The Morgan fingerprint density at radius 2 is 1.43 bits per heavy atom. The minimum Gasteiger partial charge on any atom is -0.493 e. The zero-order valence-electron chi connectivity index (χ0n) is 19.9. The van der Waals surface area contributed by atoms with Crippen molar-refractivity contribution in [1.29, 1.82) is 0 Å². The van der Waals surface area contributed by atoms with Crippen LogP contribution in [0.5, 0.6) is 5.75 Å². The van der Waals surface area contributed by atoms with Crippen molar-refractivity contribution >= 4 is 11.9 Å². The van der Waals surface area contributed by atoms with Gasteiger partial charge in [-0.25, -0.2) is 23.3 Å². The summed E-state index contributed by atoms with van der Waals surface area (Å²) in [7, 11) is 0. The van der Waals surface area contributed by atoms with Crippen LogP contribution < -0.4 is 4.74 Å². The quantitative estimate of drug-likeness (QED) is 0.442. The van der Waals surface area contributed by atoms with E-state index in [9.17, 15) is 18.4 Å². The summed E-state index contributed by atoms with van der Waals surface area (Å²) in [5.41, 5.74) is 1.54. The number of carbonyl (C=O) groups excluding carboxylic acids is 2. The third-order valence-electron chi connectivity index (χ3n) is 6.71. The average molecular weight is 506 g/mol.